The number of unbranched alkanes of at least 4 members (excludes halogenated alkanes) is 1. The van der Waals surface area contributed by atoms with E-state index in [2.05, 4.69) is 6.92 Å². The summed E-state index contributed by atoms with van der Waals surface area (Å²) in [6.45, 7) is 2.77. The molecule has 1 saturated heterocycles. The Hall–Kier alpha value is -2.47. The fraction of sp³-hybridized carbons (Fsp3) is 0.300. The molecule has 0 saturated carbocycles. The van der Waals surface area contributed by atoms with Crippen molar-refractivity contribution >= 4 is 35.0 Å². The predicted molar refractivity (Wildman–Crippen MR) is 104 cm³/mol. The molecule has 0 bridgehead atoms. The maximum Gasteiger partial charge on any atom is 0.247 e. The molecule has 2 amide bonds. The highest BCUT2D eigenvalue weighted by molar-refractivity contribution is 8.00. The van der Waals surface area contributed by atoms with Gasteiger partial charge in [0.1, 0.15) is 5.75 Å². The molecule has 26 heavy (non-hydrogen) atoms. The van der Waals surface area contributed by atoms with Crippen LogP contribution in [-0.4, -0.2) is 23.7 Å². The molecule has 1 fully saturated rings. The lowest BCUT2D eigenvalue weighted by atomic mass is 10.2. The fourth-order valence-electron chi connectivity index (χ4n) is 2.75. The van der Waals surface area contributed by atoms with Crippen molar-refractivity contribution in [3.63, 3.8) is 0 Å². The smallest absolute Gasteiger partial charge is 0.247 e. The van der Waals surface area contributed by atoms with E-state index in [1.165, 1.54) is 16.7 Å². The molecule has 3 rings (SSSR count). The lowest BCUT2D eigenvalue weighted by Crippen LogP contribution is -2.31. The van der Waals surface area contributed by atoms with Crippen LogP contribution in [0.3, 0.4) is 0 Å². The van der Waals surface area contributed by atoms with Crippen LogP contribution in [0.5, 0.6) is 5.75 Å². The minimum atomic E-state index is -0.426. The van der Waals surface area contributed by atoms with Crippen LogP contribution in [0.25, 0.3) is 0 Å². The van der Waals surface area contributed by atoms with Gasteiger partial charge in [0.2, 0.25) is 11.8 Å². The number of nitrogens with zero attached hydrogens (tertiary/aromatic N) is 1. The van der Waals surface area contributed by atoms with E-state index in [1.54, 1.807) is 30.3 Å². The van der Waals surface area contributed by atoms with Gasteiger partial charge in [0, 0.05) is 17.0 Å². The number of hydrogen-bond acceptors (Lipinski definition) is 5. The number of anilines is 2. The quantitative estimate of drug-likeness (QED) is 0.455. The van der Waals surface area contributed by atoms with Gasteiger partial charge in [-0.1, -0.05) is 19.4 Å². The van der Waals surface area contributed by atoms with E-state index in [9.17, 15) is 9.59 Å². The second kappa shape index (κ2) is 8.27. The Morgan fingerprint density at radius 2 is 1.96 bits per heavy atom. The number of thioether (sulfide) groups is 1. The number of ether oxygens (including phenoxy) is 1. The number of carbonyl (C=O) groups excluding carboxylic acids is 2. The van der Waals surface area contributed by atoms with Crippen molar-refractivity contribution in [2.45, 2.75) is 36.3 Å². The van der Waals surface area contributed by atoms with Crippen molar-refractivity contribution in [1.82, 2.24) is 0 Å². The van der Waals surface area contributed by atoms with Crippen molar-refractivity contribution in [2.75, 3.05) is 17.2 Å². The number of nitrogens with two attached hydrogens (primary N) is 1. The molecule has 136 valence electrons. The van der Waals surface area contributed by atoms with Gasteiger partial charge in [-0.3, -0.25) is 9.59 Å². The van der Waals surface area contributed by atoms with Gasteiger partial charge in [0.15, 0.2) is 0 Å². The van der Waals surface area contributed by atoms with Gasteiger partial charge in [-0.05, 0) is 48.9 Å². The summed E-state index contributed by atoms with van der Waals surface area (Å²) in [6, 6.07) is 14.4. The first-order valence-electron chi connectivity index (χ1n) is 8.70. The molecule has 1 aliphatic rings. The van der Waals surface area contributed by atoms with E-state index >= 15 is 0 Å². The minimum Gasteiger partial charge on any atom is -0.494 e. The predicted octanol–water partition coefficient (Wildman–Crippen LogP) is 3.87. The Labute approximate surface area is 157 Å². The van der Waals surface area contributed by atoms with Crippen LogP contribution in [0.2, 0.25) is 0 Å². The standard InChI is InChI=1S/C20H22N2O3S/c1-2-3-11-25-16-9-7-15(8-10-16)22-19(23)13-18(20(22)24)26-17-6-4-5-14(21)12-17/h4-10,12,18H,2-3,11,13,21H2,1H3. The van der Waals surface area contributed by atoms with Crippen molar-refractivity contribution in [2.24, 2.45) is 0 Å². The Kier molecular flexibility index (Phi) is 5.83. The zero-order valence-corrected chi connectivity index (χ0v) is 15.5. The first-order chi connectivity index (χ1) is 12.6. The van der Waals surface area contributed by atoms with E-state index in [-0.39, 0.29) is 18.2 Å². The molecule has 6 heteroatoms. The number of carbonyl (C=O) groups is 2. The second-order valence-electron chi connectivity index (χ2n) is 6.15. The van der Waals surface area contributed by atoms with Crippen molar-refractivity contribution in [1.29, 1.82) is 0 Å². The number of nitrogen functional groups attached to an aromatic ring is 1. The van der Waals surface area contributed by atoms with Crippen LogP contribution in [0.1, 0.15) is 26.2 Å². The van der Waals surface area contributed by atoms with Gasteiger partial charge >= 0.3 is 0 Å². The average molecular weight is 370 g/mol. The summed E-state index contributed by atoms with van der Waals surface area (Å²) in [5, 5.41) is -0.426. The van der Waals surface area contributed by atoms with E-state index in [1.807, 2.05) is 18.2 Å². The van der Waals surface area contributed by atoms with E-state index in [0.29, 0.717) is 18.0 Å². The molecule has 0 radical (unpaired) electrons. The highest BCUT2D eigenvalue weighted by Crippen LogP contribution is 2.34. The van der Waals surface area contributed by atoms with Crippen molar-refractivity contribution in [3.05, 3.63) is 48.5 Å². The molecule has 2 aromatic rings. The zero-order chi connectivity index (χ0) is 18.5. The lowest BCUT2D eigenvalue weighted by molar-refractivity contribution is -0.121. The Morgan fingerprint density at radius 1 is 1.19 bits per heavy atom. The fourth-order valence-corrected chi connectivity index (χ4v) is 3.87. The minimum absolute atomic E-state index is 0.184. The topological polar surface area (TPSA) is 72.6 Å². The average Bonchev–Trinajstić information content (AvgIpc) is 2.90. The van der Waals surface area contributed by atoms with Gasteiger partial charge in [0.25, 0.3) is 0 Å². The molecule has 2 N–H and O–H groups in total. The first-order valence-corrected chi connectivity index (χ1v) is 9.58. The summed E-state index contributed by atoms with van der Waals surface area (Å²) >= 11 is 1.38. The number of hydrogen-bond donors (Lipinski definition) is 1. The van der Waals surface area contributed by atoms with Crippen LogP contribution in [0.4, 0.5) is 11.4 Å². The van der Waals surface area contributed by atoms with Gasteiger partial charge in [-0.15, -0.1) is 11.8 Å². The molecule has 1 atom stereocenters. The third-order valence-corrected chi connectivity index (χ3v) is 5.28. The first kappa shape index (κ1) is 18.3. The monoisotopic (exact) mass is 370 g/mol. The SMILES string of the molecule is CCCCOc1ccc(N2C(=O)CC(Sc3cccc(N)c3)C2=O)cc1. The molecule has 2 aromatic carbocycles. The normalized spacial score (nSPS) is 17.0. The Morgan fingerprint density at radius 3 is 2.65 bits per heavy atom. The van der Waals surface area contributed by atoms with E-state index in [4.69, 9.17) is 10.5 Å². The Bertz CT molecular complexity index is 792. The van der Waals surface area contributed by atoms with Crippen LogP contribution >= 0.6 is 11.8 Å². The highest BCUT2D eigenvalue weighted by Gasteiger charge is 2.40. The van der Waals surface area contributed by atoms with E-state index in [0.717, 1.165) is 23.5 Å². The molecule has 1 unspecified atom stereocenters. The second-order valence-corrected chi connectivity index (χ2v) is 7.42. The van der Waals surface area contributed by atoms with E-state index < -0.39 is 5.25 Å². The molecular weight excluding hydrogens is 348 g/mol. The summed E-state index contributed by atoms with van der Waals surface area (Å²) in [6.07, 6.45) is 2.25. The molecular formula is C20H22N2O3S. The number of rotatable bonds is 7. The van der Waals surface area contributed by atoms with Crippen LogP contribution < -0.4 is 15.4 Å². The summed E-state index contributed by atoms with van der Waals surface area (Å²) in [5.41, 5.74) is 7.01. The van der Waals surface area contributed by atoms with Crippen LogP contribution in [0, 0.1) is 0 Å². The lowest BCUT2D eigenvalue weighted by Gasteiger charge is -2.15. The Balaban J connectivity index is 1.68. The van der Waals surface area contributed by atoms with Gasteiger partial charge in [-0.25, -0.2) is 4.90 Å². The number of benzene rings is 2. The van der Waals surface area contributed by atoms with Crippen molar-refractivity contribution in [3.8, 4) is 5.75 Å². The maximum absolute atomic E-state index is 12.7. The maximum atomic E-state index is 12.7. The highest BCUT2D eigenvalue weighted by atomic mass is 32.2. The molecule has 0 aliphatic carbocycles. The van der Waals surface area contributed by atoms with Crippen LogP contribution in [-0.2, 0) is 9.59 Å². The summed E-state index contributed by atoms with van der Waals surface area (Å²) in [4.78, 5) is 27.3. The molecule has 1 aliphatic heterocycles. The molecule has 5 nitrogen and oxygen atoms in total. The number of amides is 2. The van der Waals surface area contributed by atoms with Gasteiger partial charge < -0.3 is 10.5 Å². The molecule has 1 heterocycles. The third-order valence-electron chi connectivity index (χ3n) is 4.10. The largest absolute Gasteiger partial charge is 0.494 e. The van der Waals surface area contributed by atoms with Gasteiger partial charge in [-0.2, -0.15) is 0 Å². The third kappa shape index (κ3) is 4.19. The van der Waals surface area contributed by atoms with Gasteiger partial charge in [0.05, 0.1) is 17.5 Å². The van der Waals surface area contributed by atoms with Crippen molar-refractivity contribution < 1.29 is 14.3 Å². The number of imide groups is 1. The molecule has 0 spiro atoms. The summed E-state index contributed by atoms with van der Waals surface area (Å²) in [5.74, 6) is 0.366. The summed E-state index contributed by atoms with van der Waals surface area (Å²) in [7, 11) is 0. The summed E-state index contributed by atoms with van der Waals surface area (Å²) < 4.78 is 5.62. The molecule has 0 aromatic heterocycles. The zero-order valence-electron chi connectivity index (χ0n) is 14.7. The van der Waals surface area contributed by atoms with Crippen LogP contribution in [0.15, 0.2) is 53.4 Å².